The molecule has 1 aliphatic rings. The van der Waals surface area contributed by atoms with E-state index >= 15 is 0 Å². The number of hydrogen-bond donors (Lipinski definition) is 0. The summed E-state index contributed by atoms with van der Waals surface area (Å²) in [6, 6.07) is 2.65. The molecule has 194 valence electrons. The van der Waals surface area contributed by atoms with Gasteiger partial charge in [0.05, 0.1) is 0 Å². The molecule has 1 saturated carbocycles. The topological polar surface area (TPSA) is 52.6 Å². The lowest BCUT2D eigenvalue weighted by molar-refractivity contribution is -0.275. The summed E-state index contributed by atoms with van der Waals surface area (Å²) in [5, 5.41) is 0. The Hall–Kier alpha value is -2.64. The average molecular weight is 536 g/mol. The van der Waals surface area contributed by atoms with E-state index in [0.29, 0.717) is 24.8 Å². The molecule has 0 bridgehead atoms. The molecule has 0 radical (unpaired) electrons. The quantitative estimate of drug-likeness (QED) is 0.231. The Morgan fingerprint density at radius 3 is 1.91 bits per heavy atom. The number of ether oxygens (including phenoxy) is 1. The molecule has 0 spiro atoms. The first-order valence-corrected chi connectivity index (χ1v) is 11.5. The SMILES string of the molecule is CC1CCC(c2ccc(-c3ccc(OC(F)(F)F)c(F)c3OS(=O)(=O)C(F)(F)F)c(F)c2F)CC1. The molecule has 0 atom stereocenters. The summed E-state index contributed by atoms with van der Waals surface area (Å²) in [7, 11) is -6.61. The van der Waals surface area contributed by atoms with Crippen LogP contribution in [0.25, 0.3) is 11.1 Å². The van der Waals surface area contributed by atoms with Gasteiger partial charge in [0.1, 0.15) is 0 Å². The molecule has 4 nitrogen and oxygen atoms in total. The van der Waals surface area contributed by atoms with Crippen LogP contribution < -0.4 is 8.92 Å². The molecule has 2 aromatic carbocycles. The number of hydrogen-bond acceptors (Lipinski definition) is 4. The van der Waals surface area contributed by atoms with Gasteiger partial charge in [-0.3, -0.25) is 0 Å². The van der Waals surface area contributed by atoms with E-state index in [1.54, 1.807) is 0 Å². The monoisotopic (exact) mass is 536 g/mol. The predicted octanol–water partition coefficient (Wildman–Crippen LogP) is 7.19. The van der Waals surface area contributed by atoms with E-state index in [4.69, 9.17) is 0 Å². The standard InChI is InChI=1S/C21H17F9O4S/c1-10-2-4-11(5-3-10)12-6-7-13(17(23)16(12)22)14-8-9-15(33-20(25,26)27)18(24)19(14)34-35(31,32)21(28,29)30/h6-11H,2-5H2,1H3. The van der Waals surface area contributed by atoms with E-state index < -0.39 is 62.1 Å². The summed E-state index contributed by atoms with van der Waals surface area (Å²) in [5.41, 5.74) is -8.16. The molecule has 14 heteroatoms. The van der Waals surface area contributed by atoms with Gasteiger partial charge in [0.15, 0.2) is 23.1 Å². The minimum absolute atomic E-state index is 0.0407. The van der Waals surface area contributed by atoms with Crippen molar-refractivity contribution in [3.05, 3.63) is 47.3 Å². The fourth-order valence-corrected chi connectivity index (χ4v) is 4.33. The Bertz CT molecular complexity index is 1200. The molecule has 1 aliphatic carbocycles. The first kappa shape index (κ1) is 27.0. The van der Waals surface area contributed by atoms with Crippen molar-refractivity contribution in [3.63, 3.8) is 0 Å². The molecule has 0 N–H and O–H groups in total. The van der Waals surface area contributed by atoms with E-state index in [-0.39, 0.29) is 17.5 Å². The molecule has 35 heavy (non-hydrogen) atoms. The van der Waals surface area contributed by atoms with Crippen LogP contribution in [-0.4, -0.2) is 20.3 Å². The first-order valence-electron chi connectivity index (χ1n) is 10.1. The maximum absolute atomic E-state index is 15.0. The zero-order valence-corrected chi connectivity index (χ0v) is 18.6. The summed E-state index contributed by atoms with van der Waals surface area (Å²) in [6.45, 7) is 1.99. The van der Waals surface area contributed by atoms with Crippen molar-refractivity contribution in [1.29, 1.82) is 0 Å². The third-order valence-electron chi connectivity index (χ3n) is 5.62. The highest BCUT2D eigenvalue weighted by atomic mass is 32.2. The Kier molecular flexibility index (Phi) is 7.26. The van der Waals surface area contributed by atoms with Crippen molar-refractivity contribution in [1.82, 2.24) is 0 Å². The van der Waals surface area contributed by atoms with Gasteiger partial charge >= 0.3 is 22.0 Å². The Morgan fingerprint density at radius 1 is 0.800 bits per heavy atom. The van der Waals surface area contributed by atoms with E-state index in [1.165, 1.54) is 0 Å². The molecule has 3 rings (SSSR count). The van der Waals surface area contributed by atoms with Crippen LogP contribution in [-0.2, 0) is 10.1 Å². The summed E-state index contributed by atoms with van der Waals surface area (Å²) in [4.78, 5) is 0. The van der Waals surface area contributed by atoms with Crippen molar-refractivity contribution in [2.75, 3.05) is 0 Å². The Morgan fingerprint density at radius 2 is 1.37 bits per heavy atom. The lowest BCUT2D eigenvalue weighted by atomic mass is 9.79. The highest BCUT2D eigenvalue weighted by molar-refractivity contribution is 7.88. The molecular weight excluding hydrogens is 519 g/mol. The van der Waals surface area contributed by atoms with Crippen molar-refractivity contribution in [2.45, 2.75) is 50.4 Å². The summed E-state index contributed by atoms with van der Waals surface area (Å²) in [5.74, 6) is -9.06. The van der Waals surface area contributed by atoms with Crippen molar-refractivity contribution in [3.8, 4) is 22.6 Å². The molecular formula is C21H17F9O4S. The van der Waals surface area contributed by atoms with Gasteiger partial charge in [-0.1, -0.05) is 31.9 Å². The predicted molar refractivity (Wildman–Crippen MR) is 104 cm³/mol. The Balaban J connectivity index is 2.15. The van der Waals surface area contributed by atoms with Crippen LogP contribution in [0.3, 0.4) is 0 Å². The number of alkyl halides is 6. The first-order chi connectivity index (χ1) is 16.0. The largest absolute Gasteiger partial charge is 0.573 e. The maximum Gasteiger partial charge on any atom is 0.573 e. The molecule has 0 unspecified atom stereocenters. The fraction of sp³-hybridized carbons (Fsp3) is 0.429. The second-order valence-corrected chi connectivity index (χ2v) is 9.61. The number of halogens is 9. The molecule has 0 aromatic heterocycles. The fourth-order valence-electron chi connectivity index (χ4n) is 3.85. The molecule has 1 fully saturated rings. The van der Waals surface area contributed by atoms with Crippen LogP contribution in [0.1, 0.15) is 44.1 Å². The average Bonchev–Trinajstić information content (AvgIpc) is 2.72. The van der Waals surface area contributed by atoms with Crippen LogP contribution in [0.2, 0.25) is 0 Å². The highest BCUT2D eigenvalue weighted by Crippen LogP contribution is 2.44. The van der Waals surface area contributed by atoms with Crippen LogP contribution in [0.5, 0.6) is 11.5 Å². The lowest BCUT2D eigenvalue weighted by Crippen LogP contribution is -2.28. The molecule has 0 amide bonds. The van der Waals surface area contributed by atoms with Gasteiger partial charge in [-0.15, -0.1) is 13.2 Å². The van der Waals surface area contributed by atoms with Crippen molar-refractivity contribution in [2.24, 2.45) is 5.92 Å². The molecule has 2 aromatic rings. The van der Waals surface area contributed by atoms with E-state index in [9.17, 15) is 47.9 Å². The lowest BCUT2D eigenvalue weighted by Gasteiger charge is -2.27. The minimum Gasteiger partial charge on any atom is -0.402 e. The van der Waals surface area contributed by atoms with Crippen LogP contribution in [0.15, 0.2) is 24.3 Å². The van der Waals surface area contributed by atoms with Gasteiger partial charge < -0.3 is 8.92 Å². The van der Waals surface area contributed by atoms with Crippen LogP contribution >= 0.6 is 0 Å². The van der Waals surface area contributed by atoms with E-state index in [2.05, 4.69) is 8.92 Å². The summed E-state index contributed by atoms with van der Waals surface area (Å²) in [6.07, 6.45) is -2.96. The maximum atomic E-state index is 15.0. The van der Waals surface area contributed by atoms with E-state index in [1.807, 2.05) is 6.92 Å². The third-order valence-corrected chi connectivity index (χ3v) is 6.57. The van der Waals surface area contributed by atoms with E-state index in [0.717, 1.165) is 25.0 Å². The molecule has 0 saturated heterocycles. The van der Waals surface area contributed by atoms with Gasteiger partial charge in [-0.25, -0.2) is 8.78 Å². The van der Waals surface area contributed by atoms with Crippen LogP contribution in [0, 0.1) is 23.4 Å². The summed E-state index contributed by atoms with van der Waals surface area (Å²) < 4.78 is 151. The Labute approximate surface area is 193 Å². The van der Waals surface area contributed by atoms with Gasteiger partial charge in [-0.05, 0) is 42.4 Å². The van der Waals surface area contributed by atoms with Crippen molar-refractivity contribution >= 4 is 10.1 Å². The molecule has 0 aliphatic heterocycles. The second kappa shape index (κ2) is 9.43. The van der Waals surface area contributed by atoms with Gasteiger partial charge in [0.2, 0.25) is 5.82 Å². The normalized spacial score (nSPS) is 19.5. The van der Waals surface area contributed by atoms with Gasteiger partial charge in [-0.2, -0.15) is 26.0 Å². The van der Waals surface area contributed by atoms with Crippen LogP contribution in [0.4, 0.5) is 39.5 Å². The van der Waals surface area contributed by atoms with Gasteiger partial charge in [0.25, 0.3) is 0 Å². The highest BCUT2D eigenvalue weighted by Gasteiger charge is 2.49. The molecule has 0 heterocycles. The smallest absolute Gasteiger partial charge is 0.402 e. The zero-order chi connectivity index (χ0) is 26.3. The second-order valence-electron chi connectivity index (χ2n) is 8.07. The third kappa shape index (κ3) is 5.78. The number of benzene rings is 2. The minimum atomic E-state index is -6.61. The number of rotatable bonds is 5. The zero-order valence-electron chi connectivity index (χ0n) is 17.7. The summed E-state index contributed by atoms with van der Waals surface area (Å²) >= 11 is 0. The van der Waals surface area contributed by atoms with Gasteiger partial charge in [0, 0.05) is 11.1 Å². The van der Waals surface area contributed by atoms with Crippen molar-refractivity contribution < 1.29 is 56.9 Å².